The first-order valence-corrected chi connectivity index (χ1v) is 4.45. The van der Waals surface area contributed by atoms with Crippen LogP contribution in [0, 0.1) is 0 Å². The molecule has 0 atom stereocenters. The van der Waals surface area contributed by atoms with Gasteiger partial charge in [0.05, 0.1) is 22.9 Å². The van der Waals surface area contributed by atoms with Gasteiger partial charge in [-0.3, -0.25) is 4.79 Å². The van der Waals surface area contributed by atoms with Gasteiger partial charge in [0, 0.05) is 6.07 Å². The van der Waals surface area contributed by atoms with E-state index in [-0.39, 0.29) is 5.56 Å². The molecule has 0 aliphatic rings. The Morgan fingerprint density at radius 2 is 2.21 bits per heavy atom. The molecule has 0 spiro atoms. The van der Waals surface area contributed by atoms with E-state index in [4.69, 9.17) is 27.8 Å². The van der Waals surface area contributed by atoms with Gasteiger partial charge in [-0.2, -0.15) is 0 Å². The molecule has 0 unspecified atom stereocenters. The van der Waals surface area contributed by atoms with Crippen LogP contribution in [0.4, 0.5) is 5.69 Å². The van der Waals surface area contributed by atoms with Crippen LogP contribution in [0.3, 0.4) is 0 Å². The summed E-state index contributed by atoms with van der Waals surface area (Å²) in [6.07, 6.45) is 0. The molecule has 0 saturated heterocycles. The molecule has 0 heterocycles. The van der Waals surface area contributed by atoms with Crippen molar-refractivity contribution in [2.45, 2.75) is 6.92 Å². The highest BCUT2D eigenvalue weighted by atomic mass is 35.5. The van der Waals surface area contributed by atoms with E-state index >= 15 is 0 Å². The summed E-state index contributed by atoms with van der Waals surface area (Å²) in [6, 6.07) is 2.90. The maximum Gasteiger partial charge on any atom is 0.252 e. The molecule has 1 amide bonds. The topological polar surface area (TPSA) is 78.3 Å². The lowest BCUT2D eigenvalue weighted by Gasteiger charge is -2.09. The Bertz CT molecular complexity index is 366. The second-order valence-electron chi connectivity index (χ2n) is 2.67. The number of amides is 1. The van der Waals surface area contributed by atoms with Crippen LogP contribution < -0.4 is 16.2 Å². The molecule has 0 bridgehead atoms. The van der Waals surface area contributed by atoms with Crippen LogP contribution in [-0.4, -0.2) is 12.5 Å². The molecule has 14 heavy (non-hydrogen) atoms. The van der Waals surface area contributed by atoms with Crippen LogP contribution in [0.5, 0.6) is 5.75 Å². The van der Waals surface area contributed by atoms with E-state index in [0.29, 0.717) is 23.1 Å². The van der Waals surface area contributed by atoms with Gasteiger partial charge >= 0.3 is 0 Å². The number of nitrogens with two attached hydrogens (primary N) is 2. The molecule has 1 rings (SSSR count). The number of ether oxygens (including phenoxy) is 1. The predicted molar refractivity (Wildman–Crippen MR) is 55.6 cm³/mol. The maximum absolute atomic E-state index is 11.0. The third-order valence-corrected chi connectivity index (χ3v) is 1.99. The van der Waals surface area contributed by atoms with Gasteiger partial charge < -0.3 is 16.2 Å². The summed E-state index contributed by atoms with van der Waals surface area (Å²) in [5, 5.41) is 0.294. The molecule has 5 heteroatoms. The number of benzene rings is 1. The summed E-state index contributed by atoms with van der Waals surface area (Å²) >= 11 is 5.74. The first kappa shape index (κ1) is 10.7. The Hall–Kier alpha value is -1.42. The highest BCUT2D eigenvalue weighted by molar-refractivity contribution is 6.33. The number of anilines is 1. The third-order valence-electron chi connectivity index (χ3n) is 1.66. The number of rotatable bonds is 3. The van der Waals surface area contributed by atoms with Crippen LogP contribution in [0.2, 0.25) is 5.02 Å². The number of hydrogen-bond donors (Lipinski definition) is 2. The lowest BCUT2D eigenvalue weighted by molar-refractivity contribution is 0.0996. The third kappa shape index (κ3) is 2.09. The average molecular weight is 215 g/mol. The summed E-state index contributed by atoms with van der Waals surface area (Å²) < 4.78 is 5.19. The van der Waals surface area contributed by atoms with Crippen molar-refractivity contribution in [2.24, 2.45) is 5.73 Å². The number of nitrogen functional groups attached to an aromatic ring is 1. The fourth-order valence-corrected chi connectivity index (χ4v) is 1.20. The summed E-state index contributed by atoms with van der Waals surface area (Å²) in [7, 11) is 0. The van der Waals surface area contributed by atoms with E-state index in [1.165, 1.54) is 12.1 Å². The zero-order valence-corrected chi connectivity index (χ0v) is 8.47. The quantitative estimate of drug-likeness (QED) is 0.747. The molecule has 0 aliphatic heterocycles. The van der Waals surface area contributed by atoms with Crippen molar-refractivity contribution in [1.82, 2.24) is 0 Å². The molecule has 4 N–H and O–H groups in total. The van der Waals surface area contributed by atoms with Crippen molar-refractivity contribution in [3.8, 4) is 5.75 Å². The van der Waals surface area contributed by atoms with Gasteiger partial charge in [0.25, 0.3) is 5.91 Å². The average Bonchev–Trinajstić information content (AvgIpc) is 2.11. The maximum atomic E-state index is 11.0. The molecule has 1 aromatic rings. The smallest absolute Gasteiger partial charge is 0.252 e. The van der Waals surface area contributed by atoms with Gasteiger partial charge in [-0.25, -0.2) is 0 Å². The summed E-state index contributed by atoms with van der Waals surface area (Å²) in [6.45, 7) is 2.23. The van der Waals surface area contributed by atoms with Crippen molar-refractivity contribution in [3.05, 3.63) is 22.7 Å². The fourth-order valence-electron chi connectivity index (χ4n) is 1.04. The Balaban J connectivity index is 3.24. The molecule has 76 valence electrons. The highest BCUT2D eigenvalue weighted by Crippen LogP contribution is 2.28. The van der Waals surface area contributed by atoms with Crippen molar-refractivity contribution in [2.75, 3.05) is 12.3 Å². The number of primary amides is 1. The van der Waals surface area contributed by atoms with Crippen LogP contribution >= 0.6 is 11.6 Å². The van der Waals surface area contributed by atoms with Gasteiger partial charge in [0.1, 0.15) is 5.75 Å². The predicted octanol–water partition coefficient (Wildman–Crippen LogP) is 1.42. The van der Waals surface area contributed by atoms with Crippen molar-refractivity contribution in [1.29, 1.82) is 0 Å². The molecular weight excluding hydrogens is 204 g/mol. The molecule has 4 nitrogen and oxygen atoms in total. The number of carbonyl (C=O) groups excluding carboxylic acids is 1. The SMILES string of the molecule is CCOc1cc(N)c(Cl)cc1C(N)=O. The number of hydrogen-bond acceptors (Lipinski definition) is 3. The van der Waals surface area contributed by atoms with Crippen molar-refractivity contribution < 1.29 is 9.53 Å². The largest absolute Gasteiger partial charge is 0.493 e. The Morgan fingerprint density at radius 1 is 1.57 bits per heavy atom. The van der Waals surface area contributed by atoms with Gasteiger partial charge in [0.15, 0.2) is 0 Å². The minimum Gasteiger partial charge on any atom is -0.493 e. The molecule has 0 radical (unpaired) electrons. The fraction of sp³-hybridized carbons (Fsp3) is 0.222. The normalized spacial score (nSPS) is 9.86. The van der Waals surface area contributed by atoms with Crippen LogP contribution in [0.1, 0.15) is 17.3 Å². The Labute approximate surface area is 86.8 Å². The van der Waals surface area contributed by atoms with Crippen molar-refractivity contribution >= 4 is 23.2 Å². The van der Waals surface area contributed by atoms with E-state index < -0.39 is 5.91 Å². The molecule has 1 aromatic carbocycles. The summed E-state index contributed by atoms with van der Waals surface area (Å²) in [5.41, 5.74) is 11.3. The van der Waals surface area contributed by atoms with E-state index in [9.17, 15) is 4.79 Å². The molecule has 0 aromatic heterocycles. The second-order valence-corrected chi connectivity index (χ2v) is 3.07. The molecular formula is C9H11ClN2O2. The summed E-state index contributed by atoms with van der Waals surface area (Å²) in [4.78, 5) is 11.0. The first-order chi connectivity index (χ1) is 6.56. The van der Waals surface area contributed by atoms with Gasteiger partial charge in [-0.1, -0.05) is 11.6 Å². The lowest BCUT2D eigenvalue weighted by atomic mass is 10.1. The number of halogens is 1. The Kier molecular flexibility index (Phi) is 3.19. The van der Waals surface area contributed by atoms with Crippen LogP contribution in [0.25, 0.3) is 0 Å². The van der Waals surface area contributed by atoms with Gasteiger partial charge in [-0.05, 0) is 13.0 Å². The summed E-state index contributed by atoms with van der Waals surface area (Å²) in [5.74, 6) is -0.225. The second kappa shape index (κ2) is 4.19. The molecule has 0 fully saturated rings. The van der Waals surface area contributed by atoms with Crippen molar-refractivity contribution in [3.63, 3.8) is 0 Å². The van der Waals surface area contributed by atoms with Gasteiger partial charge in [-0.15, -0.1) is 0 Å². The van der Waals surface area contributed by atoms with E-state index in [1.807, 2.05) is 0 Å². The Morgan fingerprint density at radius 3 is 2.71 bits per heavy atom. The van der Waals surface area contributed by atoms with Crippen LogP contribution in [-0.2, 0) is 0 Å². The molecule has 0 aliphatic carbocycles. The monoisotopic (exact) mass is 214 g/mol. The standard InChI is InChI=1S/C9H11ClN2O2/c1-2-14-8-4-7(11)6(10)3-5(8)9(12)13/h3-4H,2,11H2,1H3,(H2,12,13). The zero-order valence-electron chi connectivity index (χ0n) is 7.71. The molecule has 0 saturated carbocycles. The minimum absolute atomic E-state index is 0.242. The van der Waals surface area contributed by atoms with Gasteiger partial charge in [0.2, 0.25) is 0 Å². The van der Waals surface area contributed by atoms with E-state index in [1.54, 1.807) is 6.92 Å². The van der Waals surface area contributed by atoms with E-state index in [2.05, 4.69) is 0 Å². The first-order valence-electron chi connectivity index (χ1n) is 4.08. The lowest BCUT2D eigenvalue weighted by Crippen LogP contribution is -2.13. The highest BCUT2D eigenvalue weighted by Gasteiger charge is 2.12. The zero-order chi connectivity index (χ0) is 10.7. The van der Waals surface area contributed by atoms with Crippen LogP contribution in [0.15, 0.2) is 12.1 Å². The van der Waals surface area contributed by atoms with E-state index in [0.717, 1.165) is 0 Å². The number of carbonyl (C=O) groups is 1. The minimum atomic E-state index is -0.588.